The molecule has 0 radical (unpaired) electrons. The first-order valence-electron chi connectivity index (χ1n) is 5.85. The molecule has 1 fully saturated rings. The SMILES string of the molecule is CN(Cc1ccc(Br)o1)C(=O)[C@@H]1CC[C@H](C(=O)O)O1. The molecule has 0 unspecified atom stereocenters. The molecule has 2 atom stereocenters. The smallest absolute Gasteiger partial charge is 0.332 e. The highest BCUT2D eigenvalue weighted by atomic mass is 79.9. The topological polar surface area (TPSA) is 80.0 Å². The number of ether oxygens (including phenoxy) is 1. The molecule has 0 saturated carbocycles. The van der Waals surface area contributed by atoms with Crippen LogP contribution >= 0.6 is 15.9 Å². The van der Waals surface area contributed by atoms with Gasteiger partial charge < -0.3 is 19.2 Å². The second kappa shape index (κ2) is 5.75. The largest absolute Gasteiger partial charge is 0.479 e. The van der Waals surface area contributed by atoms with Crippen LogP contribution in [0.25, 0.3) is 0 Å². The fraction of sp³-hybridized carbons (Fsp3) is 0.500. The van der Waals surface area contributed by atoms with Gasteiger partial charge in [-0.25, -0.2) is 4.79 Å². The number of amides is 1. The third kappa shape index (κ3) is 3.36. The number of rotatable bonds is 4. The highest BCUT2D eigenvalue weighted by Gasteiger charge is 2.36. The van der Waals surface area contributed by atoms with E-state index in [0.717, 1.165) is 0 Å². The number of furan rings is 1. The number of aliphatic carboxylic acids is 1. The van der Waals surface area contributed by atoms with Crippen LogP contribution in [-0.2, 0) is 20.9 Å². The van der Waals surface area contributed by atoms with Gasteiger partial charge in [-0.05, 0) is 40.9 Å². The van der Waals surface area contributed by atoms with Gasteiger partial charge in [-0.1, -0.05) is 0 Å². The normalized spacial score (nSPS) is 22.4. The van der Waals surface area contributed by atoms with Crippen LogP contribution in [0.5, 0.6) is 0 Å². The molecule has 2 heterocycles. The van der Waals surface area contributed by atoms with Crippen molar-refractivity contribution >= 4 is 27.8 Å². The Morgan fingerprint density at radius 1 is 1.42 bits per heavy atom. The van der Waals surface area contributed by atoms with Gasteiger partial charge >= 0.3 is 5.97 Å². The molecule has 6 nitrogen and oxygen atoms in total. The number of carboxylic acids is 1. The number of hydrogen-bond donors (Lipinski definition) is 1. The van der Waals surface area contributed by atoms with Crippen LogP contribution in [0.3, 0.4) is 0 Å². The lowest BCUT2D eigenvalue weighted by Crippen LogP contribution is -2.36. The molecule has 7 heteroatoms. The van der Waals surface area contributed by atoms with Crippen LogP contribution in [0.15, 0.2) is 21.2 Å². The first-order chi connectivity index (χ1) is 8.97. The van der Waals surface area contributed by atoms with Crippen molar-refractivity contribution in [2.45, 2.75) is 31.6 Å². The van der Waals surface area contributed by atoms with E-state index < -0.39 is 18.2 Å². The second-order valence-electron chi connectivity index (χ2n) is 4.43. The maximum absolute atomic E-state index is 12.1. The van der Waals surface area contributed by atoms with Crippen LogP contribution < -0.4 is 0 Å². The lowest BCUT2D eigenvalue weighted by atomic mass is 10.2. The Bertz CT molecular complexity index is 486. The summed E-state index contributed by atoms with van der Waals surface area (Å²) in [4.78, 5) is 24.3. The summed E-state index contributed by atoms with van der Waals surface area (Å²) in [6.45, 7) is 0.321. The minimum absolute atomic E-state index is 0.226. The van der Waals surface area contributed by atoms with Gasteiger partial charge in [-0.3, -0.25) is 4.79 Å². The summed E-state index contributed by atoms with van der Waals surface area (Å²) in [6, 6.07) is 3.52. The molecule has 0 spiro atoms. The second-order valence-corrected chi connectivity index (χ2v) is 5.21. The third-order valence-electron chi connectivity index (χ3n) is 2.97. The van der Waals surface area contributed by atoms with Gasteiger partial charge in [0.15, 0.2) is 10.8 Å². The average Bonchev–Trinajstić information content (AvgIpc) is 2.97. The van der Waals surface area contributed by atoms with Crippen LogP contribution in [0.2, 0.25) is 0 Å². The quantitative estimate of drug-likeness (QED) is 0.907. The highest BCUT2D eigenvalue weighted by Crippen LogP contribution is 2.22. The molecule has 19 heavy (non-hydrogen) atoms. The summed E-state index contributed by atoms with van der Waals surface area (Å²) in [7, 11) is 1.64. The molecular weight excluding hydrogens is 318 g/mol. The number of hydrogen-bond acceptors (Lipinski definition) is 4. The van der Waals surface area contributed by atoms with Crippen molar-refractivity contribution in [1.82, 2.24) is 4.90 Å². The van der Waals surface area contributed by atoms with Crippen LogP contribution in [-0.4, -0.2) is 41.1 Å². The predicted molar refractivity (Wildman–Crippen MR) is 68.4 cm³/mol. The summed E-state index contributed by atoms with van der Waals surface area (Å²) < 4.78 is 11.1. The highest BCUT2D eigenvalue weighted by molar-refractivity contribution is 9.10. The summed E-state index contributed by atoms with van der Waals surface area (Å²) in [5.74, 6) is -0.598. The van der Waals surface area contributed by atoms with E-state index in [1.54, 1.807) is 19.2 Å². The zero-order valence-electron chi connectivity index (χ0n) is 10.3. The summed E-state index contributed by atoms with van der Waals surface area (Å²) in [5.41, 5.74) is 0. The summed E-state index contributed by atoms with van der Waals surface area (Å²) >= 11 is 3.19. The van der Waals surface area contributed by atoms with Crippen molar-refractivity contribution in [2.24, 2.45) is 0 Å². The van der Waals surface area contributed by atoms with Crippen LogP contribution in [0.4, 0.5) is 0 Å². The van der Waals surface area contributed by atoms with Crippen molar-refractivity contribution in [3.05, 3.63) is 22.6 Å². The van der Waals surface area contributed by atoms with E-state index in [1.165, 1.54) is 4.90 Å². The molecule has 1 N–H and O–H groups in total. The fourth-order valence-corrected chi connectivity index (χ4v) is 2.33. The Hall–Kier alpha value is -1.34. The van der Waals surface area contributed by atoms with Gasteiger partial charge in [0.2, 0.25) is 0 Å². The van der Waals surface area contributed by atoms with E-state index in [-0.39, 0.29) is 5.91 Å². The minimum Gasteiger partial charge on any atom is -0.479 e. The van der Waals surface area contributed by atoms with E-state index in [4.69, 9.17) is 14.3 Å². The average molecular weight is 332 g/mol. The fourth-order valence-electron chi connectivity index (χ4n) is 1.99. The molecule has 0 aliphatic carbocycles. The Labute approximate surface area is 118 Å². The molecule has 1 aliphatic heterocycles. The molecule has 1 saturated heterocycles. The maximum atomic E-state index is 12.1. The molecule has 0 aromatic carbocycles. The third-order valence-corrected chi connectivity index (χ3v) is 3.39. The van der Waals surface area contributed by atoms with Crippen molar-refractivity contribution in [1.29, 1.82) is 0 Å². The predicted octanol–water partition coefficient (Wildman–Crippen LogP) is 1.63. The first kappa shape index (κ1) is 14.1. The number of carbonyl (C=O) groups is 2. The number of halogens is 1. The van der Waals surface area contributed by atoms with Crippen LogP contribution in [0, 0.1) is 0 Å². The van der Waals surface area contributed by atoms with Crippen molar-refractivity contribution < 1.29 is 23.8 Å². The molecule has 1 aromatic rings. The van der Waals surface area contributed by atoms with E-state index in [0.29, 0.717) is 29.8 Å². The number of nitrogens with zero attached hydrogens (tertiary/aromatic N) is 1. The monoisotopic (exact) mass is 331 g/mol. The zero-order valence-corrected chi connectivity index (χ0v) is 11.9. The first-order valence-corrected chi connectivity index (χ1v) is 6.64. The zero-order chi connectivity index (χ0) is 14.0. The van der Waals surface area contributed by atoms with Crippen molar-refractivity contribution in [3.63, 3.8) is 0 Å². The van der Waals surface area contributed by atoms with Gasteiger partial charge in [0.05, 0.1) is 6.54 Å². The lowest BCUT2D eigenvalue weighted by molar-refractivity contribution is -0.154. The Morgan fingerprint density at radius 3 is 2.63 bits per heavy atom. The van der Waals surface area contributed by atoms with Crippen molar-refractivity contribution in [3.8, 4) is 0 Å². The number of carbonyl (C=O) groups excluding carboxylic acids is 1. The van der Waals surface area contributed by atoms with Crippen molar-refractivity contribution in [2.75, 3.05) is 7.05 Å². The Morgan fingerprint density at radius 2 is 2.11 bits per heavy atom. The molecule has 1 amide bonds. The van der Waals surface area contributed by atoms with E-state index in [9.17, 15) is 9.59 Å². The van der Waals surface area contributed by atoms with Gasteiger partial charge in [0.1, 0.15) is 11.9 Å². The van der Waals surface area contributed by atoms with Gasteiger partial charge in [-0.15, -0.1) is 0 Å². The van der Waals surface area contributed by atoms with Gasteiger partial charge in [0.25, 0.3) is 5.91 Å². The van der Waals surface area contributed by atoms with Crippen LogP contribution in [0.1, 0.15) is 18.6 Å². The molecular formula is C12H14BrNO5. The van der Waals surface area contributed by atoms with Gasteiger partial charge in [-0.2, -0.15) is 0 Å². The van der Waals surface area contributed by atoms with E-state index in [2.05, 4.69) is 15.9 Å². The Balaban J connectivity index is 1.91. The maximum Gasteiger partial charge on any atom is 0.332 e. The molecule has 104 valence electrons. The summed E-state index contributed by atoms with van der Waals surface area (Å²) in [5, 5.41) is 8.82. The standard InChI is InChI=1S/C12H14BrNO5/c1-14(6-7-2-5-10(13)18-7)11(15)8-3-4-9(19-8)12(16)17/h2,5,8-9H,3-4,6H2,1H3,(H,16,17)/t8-,9+/m0/s1. The lowest BCUT2D eigenvalue weighted by Gasteiger charge is -2.19. The molecule has 2 rings (SSSR count). The molecule has 0 bridgehead atoms. The van der Waals surface area contributed by atoms with E-state index in [1.807, 2.05) is 0 Å². The van der Waals surface area contributed by atoms with E-state index >= 15 is 0 Å². The Kier molecular flexibility index (Phi) is 4.26. The number of carboxylic acid groups (broad SMARTS) is 1. The van der Waals surface area contributed by atoms with Gasteiger partial charge in [0, 0.05) is 7.05 Å². The molecule has 1 aromatic heterocycles. The summed E-state index contributed by atoms with van der Waals surface area (Å²) in [6.07, 6.45) is -0.752. The molecule has 1 aliphatic rings. The minimum atomic E-state index is -1.02. The number of likely N-dealkylation sites (N-methyl/N-ethyl adjacent to an activating group) is 1.